The lowest BCUT2D eigenvalue weighted by atomic mass is 10.0. The molecule has 3 heterocycles. The third-order valence-corrected chi connectivity index (χ3v) is 5.71. The summed E-state index contributed by atoms with van der Waals surface area (Å²) in [5.41, 5.74) is -0.606. The Morgan fingerprint density at radius 3 is 2.58 bits per heavy atom. The Balaban J connectivity index is 1.71. The molecule has 1 aliphatic heterocycles. The van der Waals surface area contributed by atoms with Crippen LogP contribution in [0.2, 0.25) is 0 Å². The first-order valence-electron chi connectivity index (χ1n) is 10.9. The summed E-state index contributed by atoms with van der Waals surface area (Å²) >= 11 is 0. The Bertz CT molecular complexity index is 1050. The lowest BCUT2D eigenvalue weighted by Gasteiger charge is -2.22. The van der Waals surface area contributed by atoms with Gasteiger partial charge in [-0.05, 0) is 37.5 Å². The third kappa shape index (κ3) is 4.43. The quantitative estimate of drug-likeness (QED) is 0.598. The van der Waals surface area contributed by atoms with Crippen LogP contribution >= 0.6 is 0 Å². The molecule has 10 heteroatoms. The number of nitrogens with one attached hydrogen (secondary N) is 2. The maximum atomic E-state index is 13.2. The van der Waals surface area contributed by atoms with Crippen LogP contribution in [0.4, 0.5) is 0 Å². The number of ether oxygens (including phenoxy) is 1. The SMILES string of the molecule is CC(C)Cn1c(=O)c(C(=O)NC2CC2)c(O)n2ncc(C(=O)NCC3CCOCC3)c12. The molecule has 0 bridgehead atoms. The fourth-order valence-electron chi connectivity index (χ4n) is 3.85. The Hall–Kier alpha value is -2.88. The van der Waals surface area contributed by atoms with Gasteiger partial charge in [0.05, 0.1) is 6.20 Å². The van der Waals surface area contributed by atoms with Gasteiger partial charge < -0.3 is 20.5 Å². The summed E-state index contributed by atoms with van der Waals surface area (Å²) in [6, 6.07) is 0.0321. The van der Waals surface area contributed by atoms with Crippen LogP contribution in [-0.2, 0) is 11.3 Å². The number of rotatable bonds is 7. The molecule has 1 saturated heterocycles. The van der Waals surface area contributed by atoms with Crippen molar-refractivity contribution in [2.45, 2.75) is 52.1 Å². The molecule has 0 aromatic carbocycles. The van der Waals surface area contributed by atoms with Crippen molar-refractivity contribution in [2.75, 3.05) is 19.8 Å². The summed E-state index contributed by atoms with van der Waals surface area (Å²) in [6.45, 7) is 6.01. The smallest absolute Gasteiger partial charge is 0.270 e. The van der Waals surface area contributed by atoms with Gasteiger partial charge in [-0.3, -0.25) is 19.0 Å². The Kier molecular flexibility index (Phi) is 5.99. The molecule has 1 aliphatic carbocycles. The molecule has 2 aromatic rings. The molecule has 0 spiro atoms. The van der Waals surface area contributed by atoms with Gasteiger partial charge >= 0.3 is 0 Å². The number of carbonyl (C=O) groups is 2. The molecule has 0 atom stereocenters. The minimum atomic E-state index is -0.629. The second-order valence-electron chi connectivity index (χ2n) is 8.82. The zero-order valence-corrected chi connectivity index (χ0v) is 17.9. The Morgan fingerprint density at radius 1 is 1.23 bits per heavy atom. The maximum absolute atomic E-state index is 13.2. The lowest BCUT2D eigenvalue weighted by molar-refractivity contribution is 0.0643. The predicted octanol–water partition coefficient (Wildman–Crippen LogP) is 0.906. The first-order valence-corrected chi connectivity index (χ1v) is 10.9. The van der Waals surface area contributed by atoms with E-state index in [0.717, 1.165) is 30.2 Å². The number of fused-ring (bicyclic) bond motifs is 1. The van der Waals surface area contributed by atoms with Gasteiger partial charge in [-0.15, -0.1) is 0 Å². The van der Waals surface area contributed by atoms with Crippen LogP contribution in [0, 0.1) is 11.8 Å². The highest BCUT2D eigenvalue weighted by Gasteiger charge is 2.31. The average molecular weight is 431 g/mol. The molecule has 0 radical (unpaired) electrons. The van der Waals surface area contributed by atoms with Crippen molar-refractivity contribution in [2.24, 2.45) is 11.8 Å². The van der Waals surface area contributed by atoms with E-state index in [9.17, 15) is 19.5 Å². The second-order valence-corrected chi connectivity index (χ2v) is 8.82. The van der Waals surface area contributed by atoms with Gasteiger partial charge in [-0.2, -0.15) is 9.61 Å². The van der Waals surface area contributed by atoms with Crippen LogP contribution in [0.3, 0.4) is 0 Å². The van der Waals surface area contributed by atoms with Crippen molar-refractivity contribution in [3.63, 3.8) is 0 Å². The van der Waals surface area contributed by atoms with Gasteiger partial charge in [0.25, 0.3) is 17.4 Å². The zero-order chi connectivity index (χ0) is 22.1. The maximum Gasteiger partial charge on any atom is 0.270 e. The Morgan fingerprint density at radius 2 is 1.94 bits per heavy atom. The van der Waals surface area contributed by atoms with E-state index in [-0.39, 0.29) is 41.2 Å². The monoisotopic (exact) mass is 431 g/mol. The fraction of sp³-hybridized carbons (Fsp3) is 0.619. The minimum absolute atomic E-state index is 0.0321. The molecular weight excluding hydrogens is 402 g/mol. The Labute approximate surface area is 179 Å². The summed E-state index contributed by atoms with van der Waals surface area (Å²) in [4.78, 5) is 38.8. The minimum Gasteiger partial charge on any atom is -0.492 e. The van der Waals surface area contributed by atoms with E-state index in [1.54, 1.807) is 0 Å². The van der Waals surface area contributed by atoms with E-state index in [1.165, 1.54) is 10.8 Å². The summed E-state index contributed by atoms with van der Waals surface area (Å²) in [6.07, 6.45) is 4.80. The van der Waals surface area contributed by atoms with Crippen molar-refractivity contribution >= 4 is 17.5 Å². The van der Waals surface area contributed by atoms with Crippen LogP contribution in [0.5, 0.6) is 5.88 Å². The summed E-state index contributed by atoms with van der Waals surface area (Å²) in [5.74, 6) is -1.14. The van der Waals surface area contributed by atoms with Crippen LogP contribution in [-0.4, -0.2) is 56.9 Å². The molecule has 168 valence electrons. The topological polar surface area (TPSA) is 127 Å². The predicted molar refractivity (Wildman–Crippen MR) is 112 cm³/mol. The van der Waals surface area contributed by atoms with Gasteiger partial charge in [0, 0.05) is 32.3 Å². The molecule has 4 rings (SSSR count). The zero-order valence-electron chi connectivity index (χ0n) is 17.9. The number of carbonyl (C=O) groups excluding carboxylic acids is 2. The molecule has 2 amide bonds. The number of aromatic nitrogens is 3. The number of hydrogen-bond acceptors (Lipinski definition) is 6. The third-order valence-electron chi connectivity index (χ3n) is 5.71. The van der Waals surface area contributed by atoms with E-state index in [0.29, 0.717) is 25.7 Å². The molecule has 2 fully saturated rings. The van der Waals surface area contributed by atoms with Crippen LogP contribution in [0.1, 0.15) is 60.2 Å². The normalized spacial score (nSPS) is 17.3. The van der Waals surface area contributed by atoms with Crippen LogP contribution in [0.15, 0.2) is 11.0 Å². The fourth-order valence-corrected chi connectivity index (χ4v) is 3.85. The van der Waals surface area contributed by atoms with Crippen molar-refractivity contribution in [1.29, 1.82) is 0 Å². The molecule has 0 unspecified atom stereocenters. The standard InChI is InChI=1S/C21H29N5O5/c1-12(2)11-25-19-15(17(27)22-9-13-5-7-31-8-6-13)10-23-26(19)21(30)16(20(25)29)18(28)24-14-3-4-14/h10,12-14,30H,3-9,11H2,1-2H3,(H,22,27)(H,24,28). The van der Waals surface area contributed by atoms with Crippen LogP contribution in [0.25, 0.3) is 5.65 Å². The number of amides is 2. The highest BCUT2D eigenvalue weighted by atomic mass is 16.5. The number of nitrogens with zero attached hydrogens (tertiary/aromatic N) is 3. The summed E-state index contributed by atoms with van der Waals surface area (Å²) in [5, 5.41) is 20.5. The van der Waals surface area contributed by atoms with Gasteiger partial charge in [-0.1, -0.05) is 13.8 Å². The number of hydrogen-bond donors (Lipinski definition) is 3. The average Bonchev–Trinajstić information content (AvgIpc) is 3.43. The number of aromatic hydroxyl groups is 1. The molecule has 1 saturated carbocycles. The molecule has 31 heavy (non-hydrogen) atoms. The van der Waals surface area contributed by atoms with E-state index < -0.39 is 17.3 Å². The van der Waals surface area contributed by atoms with Gasteiger partial charge in [0.1, 0.15) is 5.56 Å². The van der Waals surface area contributed by atoms with Crippen molar-refractivity contribution in [1.82, 2.24) is 24.8 Å². The first kappa shape index (κ1) is 21.4. The van der Waals surface area contributed by atoms with E-state index >= 15 is 0 Å². The highest BCUT2D eigenvalue weighted by molar-refractivity contribution is 6.01. The highest BCUT2D eigenvalue weighted by Crippen LogP contribution is 2.23. The van der Waals surface area contributed by atoms with E-state index in [2.05, 4.69) is 15.7 Å². The summed E-state index contributed by atoms with van der Waals surface area (Å²) in [7, 11) is 0. The first-order chi connectivity index (χ1) is 14.9. The second kappa shape index (κ2) is 8.70. The lowest BCUT2D eigenvalue weighted by Crippen LogP contribution is -2.37. The van der Waals surface area contributed by atoms with Gasteiger partial charge in [0.2, 0.25) is 5.88 Å². The molecule has 10 nitrogen and oxygen atoms in total. The van der Waals surface area contributed by atoms with Gasteiger partial charge in [0.15, 0.2) is 11.2 Å². The van der Waals surface area contributed by atoms with Crippen molar-refractivity contribution < 1.29 is 19.4 Å². The molecule has 3 N–H and O–H groups in total. The van der Waals surface area contributed by atoms with Crippen molar-refractivity contribution in [3.05, 3.63) is 27.7 Å². The van der Waals surface area contributed by atoms with E-state index in [4.69, 9.17) is 4.74 Å². The van der Waals surface area contributed by atoms with Crippen LogP contribution < -0.4 is 16.2 Å². The van der Waals surface area contributed by atoms with E-state index in [1.807, 2.05) is 13.8 Å². The van der Waals surface area contributed by atoms with Gasteiger partial charge in [-0.25, -0.2) is 0 Å². The largest absolute Gasteiger partial charge is 0.492 e. The molecule has 2 aliphatic rings. The molecular formula is C21H29N5O5. The van der Waals surface area contributed by atoms with Crippen molar-refractivity contribution in [3.8, 4) is 5.88 Å². The summed E-state index contributed by atoms with van der Waals surface area (Å²) < 4.78 is 7.82. The molecule has 2 aromatic heterocycles.